The van der Waals surface area contributed by atoms with Crippen molar-refractivity contribution in [2.24, 2.45) is 0 Å². The van der Waals surface area contributed by atoms with Crippen molar-refractivity contribution in [2.75, 3.05) is 0 Å². The third kappa shape index (κ3) is 4.77. The molecule has 0 amide bonds. The molecule has 1 aliphatic rings. The number of nitriles is 1. The monoisotopic (exact) mass is 420 g/mol. The molecule has 0 radical (unpaired) electrons. The second-order valence-electron chi connectivity index (χ2n) is 7.70. The van der Waals surface area contributed by atoms with Crippen molar-refractivity contribution >= 4 is 6.16 Å². The molecule has 3 aromatic rings. The molecule has 2 heterocycles. The van der Waals surface area contributed by atoms with Crippen molar-refractivity contribution in [2.45, 2.75) is 58.3 Å². The standard InChI is InChI=1S/C23H24N4O4/c1-15-8-10-17(11-9-15)20-12-13-21(31-20)22-19(14-24)25-27(26-22)16(2)29-23(28)30-18-6-4-3-5-7-18/h8-13,16,18H,3-7H2,1-2H3. The van der Waals surface area contributed by atoms with E-state index in [1.807, 2.05) is 43.3 Å². The normalized spacial score (nSPS) is 15.3. The summed E-state index contributed by atoms with van der Waals surface area (Å²) in [5.41, 5.74) is 2.45. The molecule has 31 heavy (non-hydrogen) atoms. The molecule has 0 bridgehead atoms. The van der Waals surface area contributed by atoms with Crippen LogP contribution < -0.4 is 0 Å². The smallest absolute Gasteiger partial charge is 0.454 e. The molecule has 4 rings (SSSR count). The maximum Gasteiger partial charge on any atom is 0.510 e. The van der Waals surface area contributed by atoms with E-state index in [0.29, 0.717) is 11.5 Å². The molecule has 0 saturated heterocycles. The Morgan fingerprint density at radius 3 is 2.55 bits per heavy atom. The zero-order valence-corrected chi connectivity index (χ0v) is 17.6. The Morgan fingerprint density at radius 1 is 1.13 bits per heavy atom. The van der Waals surface area contributed by atoms with Gasteiger partial charge in [0.2, 0.25) is 6.23 Å². The Hall–Kier alpha value is -3.60. The third-order valence-electron chi connectivity index (χ3n) is 5.32. The maximum atomic E-state index is 12.1. The molecule has 8 nitrogen and oxygen atoms in total. The lowest BCUT2D eigenvalue weighted by molar-refractivity contribution is -0.0326. The first-order chi connectivity index (χ1) is 15.0. The van der Waals surface area contributed by atoms with E-state index in [0.717, 1.165) is 36.8 Å². The number of nitrogens with zero attached hydrogens (tertiary/aromatic N) is 4. The summed E-state index contributed by atoms with van der Waals surface area (Å²) in [6, 6.07) is 13.5. The number of hydrogen-bond donors (Lipinski definition) is 0. The van der Waals surface area contributed by atoms with Crippen LogP contribution in [0.5, 0.6) is 0 Å². The Kier molecular flexibility index (Phi) is 6.03. The summed E-state index contributed by atoms with van der Waals surface area (Å²) in [6.45, 7) is 3.63. The van der Waals surface area contributed by atoms with Crippen molar-refractivity contribution in [1.82, 2.24) is 15.0 Å². The predicted octanol–water partition coefficient (Wildman–Crippen LogP) is 5.39. The fourth-order valence-electron chi connectivity index (χ4n) is 3.60. The van der Waals surface area contributed by atoms with Gasteiger partial charge in [-0.1, -0.05) is 36.2 Å². The maximum absolute atomic E-state index is 12.1. The van der Waals surface area contributed by atoms with Gasteiger partial charge in [0.1, 0.15) is 17.9 Å². The third-order valence-corrected chi connectivity index (χ3v) is 5.32. The summed E-state index contributed by atoms with van der Waals surface area (Å²) in [4.78, 5) is 13.3. The lowest BCUT2D eigenvalue weighted by Crippen LogP contribution is -2.24. The molecule has 1 fully saturated rings. The number of ether oxygens (including phenoxy) is 2. The molecular formula is C23H24N4O4. The molecule has 2 aromatic heterocycles. The molecule has 1 aromatic carbocycles. The summed E-state index contributed by atoms with van der Waals surface area (Å²) in [6.07, 6.45) is 3.29. The average Bonchev–Trinajstić information content (AvgIpc) is 3.42. The zero-order chi connectivity index (χ0) is 21.8. The van der Waals surface area contributed by atoms with Crippen LogP contribution in [0.2, 0.25) is 0 Å². The lowest BCUT2D eigenvalue weighted by atomic mass is 9.98. The topological polar surface area (TPSA) is 103 Å². The molecule has 1 aliphatic carbocycles. The fraction of sp³-hybridized carbons (Fsp3) is 0.391. The number of carbonyl (C=O) groups excluding carboxylic acids is 1. The van der Waals surface area contributed by atoms with E-state index in [2.05, 4.69) is 10.2 Å². The largest absolute Gasteiger partial charge is 0.510 e. The van der Waals surface area contributed by atoms with Gasteiger partial charge >= 0.3 is 6.16 Å². The first-order valence-corrected chi connectivity index (χ1v) is 10.4. The number of hydrogen-bond acceptors (Lipinski definition) is 7. The predicted molar refractivity (Wildman–Crippen MR) is 112 cm³/mol. The molecule has 0 aliphatic heterocycles. The first kappa shape index (κ1) is 20.7. The molecule has 0 spiro atoms. The van der Waals surface area contributed by atoms with Crippen LogP contribution in [0.1, 0.15) is 56.5 Å². The molecular weight excluding hydrogens is 396 g/mol. The van der Waals surface area contributed by atoms with Gasteiger partial charge < -0.3 is 13.9 Å². The lowest BCUT2D eigenvalue weighted by Gasteiger charge is -2.22. The second-order valence-corrected chi connectivity index (χ2v) is 7.70. The first-order valence-electron chi connectivity index (χ1n) is 10.4. The van der Waals surface area contributed by atoms with Crippen LogP contribution in [0.3, 0.4) is 0 Å². The number of aromatic nitrogens is 3. The van der Waals surface area contributed by atoms with Crippen LogP contribution in [0.4, 0.5) is 4.79 Å². The minimum Gasteiger partial charge on any atom is -0.454 e. The quantitative estimate of drug-likeness (QED) is 0.510. The minimum absolute atomic E-state index is 0.0842. The molecule has 1 unspecified atom stereocenters. The van der Waals surface area contributed by atoms with Crippen molar-refractivity contribution in [3.8, 4) is 28.8 Å². The summed E-state index contributed by atoms with van der Waals surface area (Å²) in [5.74, 6) is 1.07. The summed E-state index contributed by atoms with van der Waals surface area (Å²) < 4.78 is 16.6. The van der Waals surface area contributed by atoms with Gasteiger partial charge in [-0.05, 0) is 51.7 Å². The molecule has 160 valence electrons. The Balaban J connectivity index is 1.48. The van der Waals surface area contributed by atoms with Gasteiger partial charge in [0.25, 0.3) is 0 Å². The Labute approximate surface area is 180 Å². The van der Waals surface area contributed by atoms with Gasteiger partial charge in [-0.2, -0.15) is 5.26 Å². The highest BCUT2D eigenvalue weighted by molar-refractivity contribution is 5.65. The van der Waals surface area contributed by atoms with Crippen LogP contribution in [0.15, 0.2) is 40.8 Å². The molecule has 0 N–H and O–H groups in total. The van der Waals surface area contributed by atoms with Crippen LogP contribution in [0, 0.1) is 18.3 Å². The van der Waals surface area contributed by atoms with Crippen molar-refractivity contribution < 1.29 is 18.7 Å². The minimum atomic E-state index is -0.830. The van der Waals surface area contributed by atoms with E-state index < -0.39 is 12.4 Å². The summed E-state index contributed by atoms with van der Waals surface area (Å²) in [7, 11) is 0. The number of carbonyl (C=O) groups is 1. The van der Waals surface area contributed by atoms with Crippen LogP contribution >= 0.6 is 0 Å². The van der Waals surface area contributed by atoms with Crippen molar-refractivity contribution in [3.63, 3.8) is 0 Å². The van der Waals surface area contributed by atoms with Gasteiger partial charge in [0.05, 0.1) is 0 Å². The van der Waals surface area contributed by atoms with Gasteiger partial charge in [-0.25, -0.2) is 4.79 Å². The average molecular weight is 420 g/mol. The van der Waals surface area contributed by atoms with E-state index in [1.165, 1.54) is 11.2 Å². The summed E-state index contributed by atoms with van der Waals surface area (Å²) >= 11 is 0. The summed E-state index contributed by atoms with van der Waals surface area (Å²) in [5, 5.41) is 18.0. The number of rotatable bonds is 5. The Morgan fingerprint density at radius 2 is 1.84 bits per heavy atom. The second kappa shape index (κ2) is 9.04. The van der Waals surface area contributed by atoms with E-state index >= 15 is 0 Å². The van der Waals surface area contributed by atoms with E-state index in [-0.39, 0.29) is 17.5 Å². The molecule has 1 saturated carbocycles. The SMILES string of the molecule is Cc1ccc(-c2ccc(-c3nn(C(C)OC(=O)OC4CCCCC4)nc3C#N)o2)cc1. The highest BCUT2D eigenvalue weighted by Crippen LogP contribution is 2.29. The van der Waals surface area contributed by atoms with E-state index in [4.69, 9.17) is 13.9 Å². The fourth-order valence-corrected chi connectivity index (χ4v) is 3.60. The number of furan rings is 1. The van der Waals surface area contributed by atoms with E-state index in [1.54, 1.807) is 13.0 Å². The van der Waals surface area contributed by atoms with Gasteiger partial charge in [0, 0.05) is 5.56 Å². The van der Waals surface area contributed by atoms with Crippen LogP contribution in [-0.2, 0) is 9.47 Å². The van der Waals surface area contributed by atoms with E-state index in [9.17, 15) is 10.1 Å². The van der Waals surface area contributed by atoms with Crippen molar-refractivity contribution in [1.29, 1.82) is 5.26 Å². The highest BCUT2D eigenvalue weighted by Gasteiger charge is 2.24. The zero-order valence-electron chi connectivity index (χ0n) is 17.6. The van der Waals surface area contributed by atoms with Crippen LogP contribution in [0.25, 0.3) is 22.8 Å². The number of aryl methyl sites for hydroxylation is 1. The van der Waals surface area contributed by atoms with Gasteiger partial charge in [-0.3, -0.25) is 0 Å². The Bertz CT molecular complexity index is 1090. The van der Waals surface area contributed by atoms with Gasteiger partial charge in [0.15, 0.2) is 17.1 Å². The molecule has 8 heteroatoms. The highest BCUT2D eigenvalue weighted by atomic mass is 16.7. The molecule has 1 atom stereocenters. The number of benzene rings is 1. The van der Waals surface area contributed by atoms with Gasteiger partial charge in [-0.15, -0.1) is 15.0 Å². The van der Waals surface area contributed by atoms with Crippen LogP contribution in [-0.4, -0.2) is 27.3 Å². The van der Waals surface area contributed by atoms with Crippen molar-refractivity contribution in [3.05, 3.63) is 47.7 Å².